The van der Waals surface area contributed by atoms with Crippen LogP contribution in [0.4, 0.5) is 4.39 Å². The first kappa shape index (κ1) is 14.5. The van der Waals surface area contributed by atoms with Crippen LogP contribution in [0.15, 0.2) is 24.3 Å². The Morgan fingerprint density at radius 3 is 2.79 bits per heavy atom. The van der Waals surface area contributed by atoms with E-state index in [0.717, 1.165) is 27.1 Å². The fraction of sp³-hybridized carbons (Fsp3) is 0.357. The molecule has 0 aliphatic carbocycles. The van der Waals surface area contributed by atoms with Crippen LogP contribution in [-0.2, 0) is 13.0 Å². The van der Waals surface area contributed by atoms with Crippen LogP contribution in [0.25, 0.3) is 0 Å². The second kappa shape index (κ2) is 6.00. The molecule has 1 atom stereocenters. The third-order valence-electron chi connectivity index (χ3n) is 3.01. The third-order valence-corrected chi connectivity index (χ3v) is 3.94. The lowest BCUT2D eigenvalue weighted by molar-refractivity contribution is 0.174. The van der Waals surface area contributed by atoms with Gasteiger partial charge in [-0.25, -0.2) is 4.39 Å². The van der Waals surface area contributed by atoms with Gasteiger partial charge in [0, 0.05) is 22.2 Å². The Labute approximate surface area is 125 Å². The van der Waals surface area contributed by atoms with Crippen LogP contribution in [-0.4, -0.2) is 14.9 Å². The Bertz CT molecular complexity index is 583. The van der Waals surface area contributed by atoms with Crippen molar-refractivity contribution < 1.29 is 9.50 Å². The van der Waals surface area contributed by atoms with Crippen LogP contribution in [0.1, 0.15) is 30.0 Å². The molecule has 0 saturated carbocycles. The summed E-state index contributed by atoms with van der Waals surface area (Å²) in [6.07, 6.45) is -0.162. The second-order valence-corrected chi connectivity index (χ2v) is 5.64. The number of hydrogen-bond donors (Lipinski definition) is 1. The lowest BCUT2D eigenvalue weighted by Crippen LogP contribution is -2.09. The van der Waals surface area contributed by atoms with Gasteiger partial charge in [0.05, 0.1) is 11.8 Å². The quantitative estimate of drug-likeness (QED) is 0.835. The van der Waals surface area contributed by atoms with Crippen molar-refractivity contribution in [2.75, 3.05) is 0 Å². The molecule has 19 heavy (non-hydrogen) atoms. The summed E-state index contributed by atoms with van der Waals surface area (Å²) in [5, 5.41) is 14.7. The zero-order chi connectivity index (χ0) is 14.0. The minimum absolute atomic E-state index is 0.283. The third kappa shape index (κ3) is 3.33. The number of aromatic nitrogens is 2. The van der Waals surface area contributed by atoms with Gasteiger partial charge in [-0.2, -0.15) is 5.10 Å². The smallest absolute Gasteiger partial charge is 0.124 e. The predicted molar refractivity (Wildman–Crippen MR) is 80.4 cm³/mol. The molecule has 0 fully saturated rings. The normalized spacial score (nSPS) is 12.7. The summed E-state index contributed by atoms with van der Waals surface area (Å²) in [5.41, 5.74) is 2.69. The first-order valence-corrected chi connectivity index (χ1v) is 7.25. The van der Waals surface area contributed by atoms with Gasteiger partial charge in [-0.05, 0) is 60.2 Å². The van der Waals surface area contributed by atoms with Crippen LogP contribution >= 0.6 is 22.6 Å². The molecule has 0 radical (unpaired) electrons. The lowest BCUT2D eigenvalue weighted by Gasteiger charge is -2.13. The fourth-order valence-electron chi connectivity index (χ4n) is 2.12. The average molecular weight is 374 g/mol. The van der Waals surface area contributed by atoms with E-state index < -0.39 is 6.10 Å². The minimum Gasteiger partial charge on any atom is -0.388 e. The molecular formula is C14H16FIN2O. The van der Waals surface area contributed by atoms with Gasteiger partial charge in [0.25, 0.3) is 0 Å². The number of rotatable bonds is 4. The first-order chi connectivity index (χ1) is 9.01. The van der Waals surface area contributed by atoms with E-state index in [0.29, 0.717) is 6.42 Å². The highest BCUT2D eigenvalue weighted by molar-refractivity contribution is 14.1. The highest BCUT2D eigenvalue weighted by Crippen LogP contribution is 2.24. The molecule has 0 saturated heterocycles. The van der Waals surface area contributed by atoms with Crippen molar-refractivity contribution in [2.45, 2.75) is 32.9 Å². The van der Waals surface area contributed by atoms with Gasteiger partial charge in [0.1, 0.15) is 5.82 Å². The molecule has 1 unspecified atom stereocenters. The Balaban J connectivity index is 2.22. The zero-order valence-electron chi connectivity index (χ0n) is 10.9. The molecule has 5 heteroatoms. The molecule has 0 spiro atoms. The zero-order valence-corrected chi connectivity index (χ0v) is 13.1. The molecule has 2 aromatic rings. The maximum atomic E-state index is 13.1. The molecule has 2 rings (SSSR count). The molecule has 3 nitrogen and oxygen atoms in total. The highest BCUT2D eigenvalue weighted by atomic mass is 127. The van der Waals surface area contributed by atoms with Gasteiger partial charge < -0.3 is 5.11 Å². The van der Waals surface area contributed by atoms with E-state index in [2.05, 4.69) is 5.10 Å². The monoisotopic (exact) mass is 374 g/mol. The number of nitrogens with zero attached hydrogens (tertiary/aromatic N) is 2. The lowest BCUT2D eigenvalue weighted by atomic mass is 10.0. The van der Waals surface area contributed by atoms with E-state index in [9.17, 15) is 9.50 Å². The fourth-order valence-corrected chi connectivity index (χ4v) is 2.95. The van der Waals surface area contributed by atoms with E-state index in [1.165, 1.54) is 12.1 Å². The second-order valence-electron chi connectivity index (χ2n) is 4.48. The number of aliphatic hydroxyl groups is 1. The topological polar surface area (TPSA) is 38.0 Å². The molecular weight excluding hydrogens is 358 g/mol. The number of hydrogen-bond acceptors (Lipinski definition) is 2. The van der Waals surface area contributed by atoms with Crippen LogP contribution in [0.3, 0.4) is 0 Å². The van der Waals surface area contributed by atoms with Crippen molar-refractivity contribution in [2.24, 2.45) is 0 Å². The van der Waals surface area contributed by atoms with E-state index in [-0.39, 0.29) is 5.82 Å². The van der Waals surface area contributed by atoms with Gasteiger partial charge in [0.2, 0.25) is 0 Å². The van der Waals surface area contributed by atoms with Crippen LogP contribution in [0.2, 0.25) is 0 Å². The molecule has 1 aromatic heterocycles. The molecule has 1 N–H and O–H groups in total. The predicted octanol–water partition coefficient (Wildman–Crippen LogP) is 3.23. The number of halogens is 2. The molecule has 0 aliphatic heterocycles. The van der Waals surface area contributed by atoms with Gasteiger partial charge in [-0.1, -0.05) is 6.07 Å². The number of aryl methyl sites for hydroxylation is 2. The van der Waals surface area contributed by atoms with Crippen molar-refractivity contribution >= 4 is 22.6 Å². The van der Waals surface area contributed by atoms with E-state index in [1.807, 2.05) is 47.2 Å². The van der Waals surface area contributed by atoms with Crippen molar-refractivity contribution in [1.82, 2.24) is 9.78 Å². The maximum absolute atomic E-state index is 13.1. The largest absolute Gasteiger partial charge is 0.388 e. The Morgan fingerprint density at radius 2 is 2.16 bits per heavy atom. The first-order valence-electron chi connectivity index (χ1n) is 6.17. The van der Waals surface area contributed by atoms with Gasteiger partial charge in [0.15, 0.2) is 0 Å². The standard InChI is InChI=1S/C14H16FIN2O/c1-3-18-11(6-9(2)17-18)8-14(19)12-5-4-10(15)7-13(12)16/h4-7,14,19H,3,8H2,1-2H3. The Hall–Kier alpha value is -0.950. The average Bonchev–Trinajstić information content (AvgIpc) is 2.69. The van der Waals surface area contributed by atoms with Gasteiger partial charge in [-0.3, -0.25) is 4.68 Å². The van der Waals surface area contributed by atoms with E-state index >= 15 is 0 Å². The van der Waals surface area contributed by atoms with Crippen LogP contribution in [0.5, 0.6) is 0 Å². The molecule has 0 bridgehead atoms. The Kier molecular flexibility index (Phi) is 4.57. The van der Waals surface area contributed by atoms with Crippen molar-refractivity contribution in [3.8, 4) is 0 Å². The molecule has 0 aliphatic rings. The van der Waals surface area contributed by atoms with Crippen molar-refractivity contribution in [3.05, 3.63) is 50.6 Å². The maximum Gasteiger partial charge on any atom is 0.124 e. The summed E-state index contributed by atoms with van der Waals surface area (Å²) in [7, 11) is 0. The number of benzene rings is 1. The molecule has 1 aromatic carbocycles. The van der Waals surface area contributed by atoms with Crippen LogP contribution < -0.4 is 0 Å². The molecule has 102 valence electrons. The minimum atomic E-state index is -0.645. The summed E-state index contributed by atoms with van der Waals surface area (Å²) in [6.45, 7) is 4.73. The van der Waals surface area contributed by atoms with E-state index in [4.69, 9.17) is 0 Å². The van der Waals surface area contributed by atoms with Crippen LogP contribution in [0, 0.1) is 16.3 Å². The summed E-state index contributed by atoms with van der Waals surface area (Å²) in [5.74, 6) is -0.283. The molecule has 0 amide bonds. The molecule has 1 heterocycles. The highest BCUT2D eigenvalue weighted by Gasteiger charge is 2.15. The number of aliphatic hydroxyl groups excluding tert-OH is 1. The van der Waals surface area contributed by atoms with Gasteiger partial charge in [-0.15, -0.1) is 0 Å². The van der Waals surface area contributed by atoms with Crippen molar-refractivity contribution in [1.29, 1.82) is 0 Å². The SMILES string of the molecule is CCn1nc(C)cc1CC(O)c1ccc(F)cc1I. The van der Waals surface area contributed by atoms with E-state index in [1.54, 1.807) is 6.07 Å². The summed E-state index contributed by atoms with van der Waals surface area (Å²) >= 11 is 2.04. The summed E-state index contributed by atoms with van der Waals surface area (Å²) in [6, 6.07) is 6.43. The van der Waals surface area contributed by atoms with Crippen molar-refractivity contribution in [3.63, 3.8) is 0 Å². The van der Waals surface area contributed by atoms with Gasteiger partial charge >= 0.3 is 0 Å². The summed E-state index contributed by atoms with van der Waals surface area (Å²) < 4.78 is 15.7. The Morgan fingerprint density at radius 1 is 1.42 bits per heavy atom. The summed E-state index contributed by atoms with van der Waals surface area (Å²) in [4.78, 5) is 0.